The molecule has 0 radical (unpaired) electrons. The molecule has 0 spiro atoms. The van der Waals surface area contributed by atoms with Gasteiger partial charge in [0.1, 0.15) is 5.82 Å². The molecule has 0 fully saturated rings. The summed E-state index contributed by atoms with van der Waals surface area (Å²) in [5.41, 5.74) is 7.87. The molecule has 9 heteroatoms. The zero-order valence-corrected chi connectivity index (χ0v) is 18.6. The van der Waals surface area contributed by atoms with Crippen LogP contribution < -0.4 is 11.1 Å². The summed E-state index contributed by atoms with van der Waals surface area (Å²) in [5, 5.41) is 3.96. The quantitative estimate of drug-likeness (QED) is 0.669. The number of hydrogen-bond donors (Lipinski definition) is 2. The minimum Gasteiger partial charge on any atom is -0.379 e. The average Bonchev–Trinajstić information content (AvgIpc) is 2.62. The fraction of sp³-hybridized carbons (Fsp3) is 0.316. The van der Waals surface area contributed by atoms with Gasteiger partial charge in [-0.3, -0.25) is 9.79 Å². The first-order chi connectivity index (χ1) is 12.4. The maximum Gasteiger partial charge on any atom is 0.225 e. The van der Waals surface area contributed by atoms with E-state index in [0.29, 0.717) is 28.8 Å². The predicted molar refractivity (Wildman–Crippen MR) is 123 cm³/mol. The second-order valence-corrected chi connectivity index (χ2v) is 7.98. The molecule has 2 aromatic rings. The molecule has 1 aliphatic rings. The van der Waals surface area contributed by atoms with Crippen LogP contribution in [-0.2, 0) is 16.8 Å². The number of amidine groups is 1. The van der Waals surface area contributed by atoms with Crippen LogP contribution >= 0.6 is 48.2 Å². The largest absolute Gasteiger partial charge is 0.379 e. The van der Waals surface area contributed by atoms with Gasteiger partial charge in [-0.25, -0.2) is 4.98 Å². The zero-order chi connectivity index (χ0) is 18.6. The molecule has 1 aliphatic heterocycles. The van der Waals surface area contributed by atoms with Crippen LogP contribution in [0.5, 0.6) is 0 Å². The van der Waals surface area contributed by atoms with Crippen molar-refractivity contribution >= 4 is 65.1 Å². The van der Waals surface area contributed by atoms with E-state index in [1.165, 1.54) is 6.20 Å². The number of amides is 1. The number of aromatic nitrogens is 1. The normalized spacial score (nSPS) is 18.3. The summed E-state index contributed by atoms with van der Waals surface area (Å²) in [7, 11) is 0. The summed E-state index contributed by atoms with van der Waals surface area (Å²) >= 11 is 7.39. The summed E-state index contributed by atoms with van der Waals surface area (Å²) in [6.07, 6.45) is 3.49. The van der Waals surface area contributed by atoms with Crippen LogP contribution in [-0.4, -0.2) is 21.8 Å². The Labute approximate surface area is 186 Å². The molecule has 28 heavy (non-hydrogen) atoms. The van der Waals surface area contributed by atoms with E-state index in [-0.39, 0.29) is 36.3 Å². The van der Waals surface area contributed by atoms with Gasteiger partial charge in [-0.05, 0) is 43.0 Å². The first-order valence-corrected chi connectivity index (χ1v) is 9.80. The van der Waals surface area contributed by atoms with Crippen molar-refractivity contribution in [2.45, 2.75) is 31.7 Å². The van der Waals surface area contributed by atoms with Gasteiger partial charge in [0, 0.05) is 18.4 Å². The Balaban J connectivity index is 0.00000196. The Kier molecular flexibility index (Phi) is 9.57. The molecule has 0 saturated carbocycles. The van der Waals surface area contributed by atoms with Crippen molar-refractivity contribution in [3.8, 4) is 0 Å². The predicted octanol–water partition coefficient (Wildman–Crippen LogP) is 4.82. The van der Waals surface area contributed by atoms with E-state index in [4.69, 9.17) is 17.3 Å². The SMILES string of the molecule is CC1(c2cccc(CCC(=O)Nc3ccc(Cl)cn3)c2)CCSC(N)=N1.Cl.Cl. The third-order valence-electron chi connectivity index (χ3n) is 4.38. The van der Waals surface area contributed by atoms with E-state index in [1.54, 1.807) is 23.9 Å². The monoisotopic (exact) mass is 460 g/mol. The second kappa shape index (κ2) is 10.9. The lowest BCUT2D eigenvalue weighted by Gasteiger charge is -2.30. The number of nitrogens with zero attached hydrogens (tertiary/aromatic N) is 2. The van der Waals surface area contributed by atoms with Crippen molar-refractivity contribution in [2.24, 2.45) is 10.7 Å². The number of halogens is 3. The molecule has 3 rings (SSSR count). The number of anilines is 1. The Hall–Kier alpha value is -1.47. The smallest absolute Gasteiger partial charge is 0.225 e. The first kappa shape index (κ1) is 24.6. The van der Waals surface area contributed by atoms with E-state index in [1.807, 2.05) is 12.1 Å². The number of aliphatic imine (C=N–C) groups is 1. The molecule has 1 aromatic carbocycles. The minimum atomic E-state index is -0.291. The van der Waals surface area contributed by atoms with Crippen LogP contribution in [0.2, 0.25) is 5.02 Å². The third-order valence-corrected chi connectivity index (χ3v) is 5.40. The highest BCUT2D eigenvalue weighted by atomic mass is 35.5. The molecule has 1 atom stereocenters. The van der Waals surface area contributed by atoms with Gasteiger partial charge in [-0.15, -0.1) is 24.8 Å². The van der Waals surface area contributed by atoms with Crippen LogP contribution in [0.1, 0.15) is 30.9 Å². The maximum atomic E-state index is 12.1. The third kappa shape index (κ3) is 6.55. The summed E-state index contributed by atoms with van der Waals surface area (Å²) < 4.78 is 0. The van der Waals surface area contributed by atoms with Gasteiger partial charge in [-0.1, -0.05) is 47.6 Å². The maximum absolute atomic E-state index is 12.1. The lowest BCUT2D eigenvalue weighted by Crippen LogP contribution is -2.28. The molecule has 2 heterocycles. The minimum absolute atomic E-state index is 0. The molecular weight excluding hydrogens is 439 g/mol. The number of nitrogens with two attached hydrogens (primary N) is 1. The van der Waals surface area contributed by atoms with Gasteiger partial charge in [0.15, 0.2) is 5.17 Å². The Morgan fingerprint density at radius 2 is 2.11 bits per heavy atom. The zero-order valence-electron chi connectivity index (χ0n) is 15.4. The summed E-state index contributed by atoms with van der Waals surface area (Å²) in [5.74, 6) is 1.39. The standard InChI is InChI=1S/C19H21ClN4OS.2ClH/c1-19(9-10-26-18(21)24-19)14-4-2-3-13(11-14)5-8-17(25)23-16-7-6-15(20)12-22-16;;/h2-4,6-7,11-12H,5,8-10H2,1H3,(H2,21,24)(H,22,23,25);2*1H. The molecule has 0 aliphatic carbocycles. The topological polar surface area (TPSA) is 80.4 Å². The number of carbonyl (C=O) groups excluding carboxylic acids is 1. The lowest BCUT2D eigenvalue weighted by molar-refractivity contribution is -0.116. The molecule has 1 unspecified atom stereocenters. The highest BCUT2D eigenvalue weighted by molar-refractivity contribution is 8.13. The van der Waals surface area contributed by atoms with Gasteiger partial charge in [0.2, 0.25) is 5.91 Å². The van der Waals surface area contributed by atoms with Crippen molar-refractivity contribution in [3.05, 3.63) is 58.7 Å². The van der Waals surface area contributed by atoms with Crippen molar-refractivity contribution in [3.63, 3.8) is 0 Å². The number of rotatable bonds is 5. The van der Waals surface area contributed by atoms with Crippen molar-refractivity contribution < 1.29 is 4.79 Å². The van der Waals surface area contributed by atoms with Gasteiger partial charge in [0.25, 0.3) is 0 Å². The molecular formula is C19H23Cl3N4OS. The van der Waals surface area contributed by atoms with E-state index in [9.17, 15) is 4.79 Å². The van der Waals surface area contributed by atoms with Crippen LogP contribution in [0, 0.1) is 0 Å². The summed E-state index contributed by atoms with van der Waals surface area (Å²) in [4.78, 5) is 20.9. The number of hydrogen-bond acceptors (Lipinski definition) is 5. The summed E-state index contributed by atoms with van der Waals surface area (Å²) in [6, 6.07) is 11.6. The number of thioether (sulfide) groups is 1. The van der Waals surface area contributed by atoms with Gasteiger partial charge >= 0.3 is 0 Å². The van der Waals surface area contributed by atoms with Crippen molar-refractivity contribution in [1.29, 1.82) is 0 Å². The van der Waals surface area contributed by atoms with Gasteiger partial charge in [-0.2, -0.15) is 0 Å². The lowest BCUT2D eigenvalue weighted by atomic mass is 9.88. The van der Waals surface area contributed by atoms with E-state index >= 15 is 0 Å². The van der Waals surface area contributed by atoms with E-state index < -0.39 is 0 Å². The Morgan fingerprint density at radius 3 is 2.79 bits per heavy atom. The average molecular weight is 462 g/mol. The number of aryl methyl sites for hydroxylation is 1. The number of nitrogens with one attached hydrogen (secondary N) is 1. The molecule has 1 aromatic heterocycles. The van der Waals surface area contributed by atoms with E-state index in [2.05, 4.69) is 34.3 Å². The number of carbonyl (C=O) groups is 1. The van der Waals surface area contributed by atoms with Crippen LogP contribution in [0.25, 0.3) is 0 Å². The summed E-state index contributed by atoms with van der Waals surface area (Å²) in [6.45, 7) is 2.11. The van der Waals surface area contributed by atoms with Crippen LogP contribution in [0.4, 0.5) is 5.82 Å². The fourth-order valence-electron chi connectivity index (χ4n) is 2.87. The second-order valence-electron chi connectivity index (χ2n) is 6.43. The van der Waals surface area contributed by atoms with Crippen LogP contribution in [0.3, 0.4) is 0 Å². The van der Waals surface area contributed by atoms with Crippen LogP contribution in [0.15, 0.2) is 47.6 Å². The Morgan fingerprint density at radius 1 is 1.32 bits per heavy atom. The molecule has 0 bridgehead atoms. The fourth-order valence-corrected chi connectivity index (χ4v) is 3.96. The molecule has 5 nitrogen and oxygen atoms in total. The number of benzene rings is 1. The molecule has 3 N–H and O–H groups in total. The highest BCUT2D eigenvalue weighted by Crippen LogP contribution is 2.35. The molecule has 0 saturated heterocycles. The van der Waals surface area contributed by atoms with Gasteiger partial charge < -0.3 is 11.1 Å². The Bertz CT molecular complexity index is 832. The molecule has 1 amide bonds. The van der Waals surface area contributed by atoms with Gasteiger partial charge in [0.05, 0.1) is 10.6 Å². The van der Waals surface area contributed by atoms with Crippen molar-refractivity contribution in [2.75, 3.05) is 11.1 Å². The highest BCUT2D eigenvalue weighted by Gasteiger charge is 2.29. The van der Waals surface area contributed by atoms with Crippen molar-refractivity contribution in [1.82, 2.24) is 4.98 Å². The van der Waals surface area contributed by atoms with E-state index in [0.717, 1.165) is 23.3 Å². The number of pyridine rings is 1. The molecule has 152 valence electrons. The first-order valence-electron chi connectivity index (χ1n) is 8.43.